The van der Waals surface area contributed by atoms with E-state index in [-0.39, 0.29) is 22.7 Å². The molecule has 1 aromatic heterocycles. The van der Waals surface area contributed by atoms with E-state index in [0.29, 0.717) is 35.6 Å². The number of rotatable bonds is 10. The van der Waals surface area contributed by atoms with Gasteiger partial charge in [-0.1, -0.05) is 17.7 Å². The number of carbonyl (C=O) groups excluding carboxylic acids is 1. The van der Waals surface area contributed by atoms with Crippen LogP contribution in [0.5, 0.6) is 5.75 Å². The van der Waals surface area contributed by atoms with E-state index in [9.17, 15) is 9.18 Å². The van der Waals surface area contributed by atoms with E-state index >= 15 is 0 Å². The molecule has 0 aliphatic carbocycles. The van der Waals surface area contributed by atoms with Crippen molar-refractivity contribution in [3.8, 4) is 5.75 Å². The number of benzene rings is 2. The molecule has 2 atom stereocenters. The number of ether oxygens (including phenoxy) is 2. The highest BCUT2D eigenvalue weighted by Crippen LogP contribution is 2.31. The number of anilines is 2. The standard InChI is InChI=1S/C23H27ClFN5O3/c1-13(11-32-3)29-23(31)14(2)26-10-15-8-16-19(9-20(15)33-4)27-12-28-22(16)30-18-7-5-6-17(24)21(18)25/h5-9,12-14,26H,10-11H2,1-4H3,(H,29,31)(H,27,28,30)/t13-,14+/m0/s1. The predicted molar refractivity (Wildman–Crippen MR) is 127 cm³/mol. The van der Waals surface area contributed by atoms with Gasteiger partial charge in [0, 0.05) is 36.7 Å². The fourth-order valence-corrected chi connectivity index (χ4v) is 3.47. The Morgan fingerprint density at radius 1 is 1.21 bits per heavy atom. The van der Waals surface area contributed by atoms with Crippen LogP contribution < -0.4 is 20.7 Å². The average molecular weight is 476 g/mol. The van der Waals surface area contributed by atoms with Crippen molar-refractivity contribution in [2.24, 2.45) is 0 Å². The zero-order chi connectivity index (χ0) is 24.0. The highest BCUT2D eigenvalue weighted by molar-refractivity contribution is 6.31. The van der Waals surface area contributed by atoms with Crippen molar-refractivity contribution in [1.82, 2.24) is 20.6 Å². The second kappa shape index (κ2) is 11.2. The van der Waals surface area contributed by atoms with E-state index in [1.807, 2.05) is 13.0 Å². The van der Waals surface area contributed by atoms with Gasteiger partial charge in [-0.2, -0.15) is 0 Å². The van der Waals surface area contributed by atoms with Crippen LogP contribution in [0.2, 0.25) is 5.02 Å². The Morgan fingerprint density at radius 3 is 2.73 bits per heavy atom. The highest BCUT2D eigenvalue weighted by atomic mass is 35.5. The number of aromatic nitrogens is 2. The maximum atomic E-state index is 14.4. The van der Waals surface area contributed by atoms with E-state index < -0.39 is 11.9 Å². The first-order chi connectivity index (χ1) is 15.8. The van der Waals surface area contributed by atoms with Gasteiger partial charge in [0.1, 0.15) is 17.9 Å². The van der Waals surface area contributed by atoms with Crippen LogP contribution >= 0.6 is 11.6 Å². The predicted octanol–water partition coefficient (Wildman–Crippen LogP) is 3.80. The number of fused-ring (bicyclic) bond motifs is 1. The quantitative estimate of drug-likeness (QED) is 0.410. The summed E-state index contributed by atoms with van der Waals surface area (Å²) in [5.74, 6) is 0.323. The molecule has 0 fully saturated rings. The molecular weight excluding hydrogens is 449 g/mol. The third-order valence-corrected chi connectivity index (χ3v) is 5.33. The maximum absolute atomic E-state index is 14.4. The van der Waals surface area contributed by atoms with Crippen LogP contribution in [0.1, 0.15) is 19.4 Å². The van der Waals surface area contributed by atoms with Crippen molar-refractivity contribution < 1.29 is 18.7 Å². The van der Waals surface area contributed by atoms with Crippen molar-refractivity contribution in [3.05, 3.63) is 53.1 Å². The summed E-state index contributed by atoms with van der Waals surface area (Å²) in [7, 11) is 3.15. The van der Waals surface area contributed by atoms with E-state index in [1.54, 1.807) is 39.3 Å². The zero-order valence-corrected chi connectivity index (χ0v) is 19.7. The van der Waals surface area contributed by atoms with Gasteiger partial charge in [-0.25, -0.2) is 14.4 Å². The third-order valence-electron chi connectivity index (χ3n) is 5.04. The molecule has 3 rings (SSSR count). The molecule has 0 spiro atoms. The molecule has 10 heteroatoms. The summed E-state index contributed by atoms with van der Waals surface area (Å²) in [6.07, 6.45) is 1.39. The molecule has 176 valence electrons. The van der Waals surface area contributed by atoms with Gasteiger partial charge in [-0.15, -0.1) is 0 Å². The SMILES string of the molecule is COC[C@H](C)NC(=O)[C@@H](C)NCc1cc2c(Nc3cccc(Cl)c3F)ncnc2cc1OC. The van der Waals surface area contributed by atoms with Crippen LogP contribution in [0.3, 0.4) is 0 Å². The molecule has 0 saturated heterocycles. The van der Waals surface area contributed by atoms with Crippen molar-refractivity contribution in [2.45, 2.75) is 32.5 Å². The Balaban J connectivity index is 1.84. The zero-order valence-electron chi connectivity index (χ0n) is 18.9. The summed E-state index contributed by atoms with van der Waals surface area (Å²) in [6.45, 7) is 4.43. The first-order valence-corrected chi connectivity index (χ1v) is 10.8. The number of nitrogens with zero attached hydrogens (tertiary/aromatic N) is 2. The highest BCUT2D eigenvalue weighted by Gasteiger charge is 2.17. The van der Waals surface area contributed by atoms with Gasteiger partial charge in [0.15, 0.2) is 5.82 Å². The Kier molecular flexibility index (Phi) is 8.37. The molecule has 1 amide bonds. The van der Waals surface area contributed by atoms with E-state index in [1.165, 1.54) is 12.4 Å². The number of methoxy groups -OCH3 is 2. The second-order valence-corrected chi connectivity index (χ2v) is 8.00. The number of hydrogen-bond donors (Lipinski definition) is 3. The molecule has 0 bridgehead atoms. The number of carbonyl (C=O) groups is 1. The fourth-order valence-electron chi connectivity index (χ4n) is 3.30. The van der Waals surface area contributed by atoms with Gasteiger partial charge in [0.2, 0.25) is 5.91 Å². The number of hydrogen-bond acceptors (Lipinski definition) is 7. The van der Waals surface area contributed by atoms with E-state index in [2.05, 4.69) is 25.9 Å². The minimum atomic E-state index is -0.566. The smallest absolute Gasteiger partial charge is 0.237 e. The molecule has 0 unspecified atom stereocenters. The fraction of sp³-hybridized carbons (Fsp3) is 0.348. The molecular formula is C23H27ClFN5O3. The van der Waals surface area contributed by atoms with Crippen LogP contribution in [0.25, 0.3) is 10.9 Å². The lowest BCUT2D eigenvalue weighted by molar-refractivity contribution is -0.123. The number of nitrogens with one attached hydrogen (secondary N) is 3. The Morgan fingerprint density at radius 2 is 2.00 bits per heavy atom. The third kappa shape index (κ3) is 6.07. The molecule has 3 aromatic rings. The minimum absolute atomic E-state index is 0.0111. The topological polar surface area (TPSA) is 97.4 Å². The van der Waals surface area contributed by atoms with Gasteiger partial charge in [-0.3, -0.25) is 4.79 Å². The summed E-state index contributed by atoms with van der Waals surface area (Å²) in [6, 6.07) is 7.78. The average Bonchev–Trinajstić information content (AvgIpc) is 2.80. The lowest BCUT2D eigenvalue weighted by Crippen LogP contribution is -2.46. The lowest BCUT2D eigenvalue weighted by atomic mass is 10.1. The largest absolute Gasteiger partial charge is 0.496 e. The van der Waals surface area contributed by atoms with E-state index in [0.717, 1.165) is 5.56 Å². The first kappa shape index (κ1) is 24.6. The van der Waals surface area contributed by atoms with Crippen LogP contribution in [0.15, 0.2) is 36.7 Å². The van der Waals surface area contributed by atoms with Crippen LogP contribution in [-0.4, -0.2) is 48.8 Å². The molecule has 1 heterocycles. The normalized spacial score (nSPS) is 12.9. The Hall–Kier alpha value is -3.01. The van der Waals surface area contributed by atoms with Gasteiger partial charge in [0.25, 0.3) is 0 Å². The van der Waals surface area contributed by atoms with Crippen molar-refractivity contribution >= 4 is 39.9 Å². The molecule has 0 saturated carbocycles. The van der Waals surface area contributed by atoms with Gasteiger partial charge < -0.3 is 25.4 Å². The Labute approximate surface area is 196 Å². The Bertz CT molecular complexity index is 1130. The first-order valence-electron chi connectivity index (χ1n) is 10.4. The second-order valence-electron chi connectivity index (χ2n) is 7.60. The molecule has 8 nitrogen and oxygen atoms in total. The number of halogens is 2. The minimum Gasteiger partial charge on any atom is -0.496 e. The van der Waals surface area contributed by atoms with Crippen LogP contribution in [-0.2, 0) is 16.1 Å². The maximum Gasteiger partial charge on any atom is 0.237 e. The van der Waals surface area contributed by atoms with Gasteiger partial charge in [0.05, 0.1) is 36.0 Å². The lowest BCUT2D eigenvalue weighted by Gasteiger charge is -2.19. The molecule has 33 heavy (non-hydrogen) atoms. The summed E-state index contributed by atoms with van der Waals surface area (Å²) in [5, 5.41) is 9.75. The molecule has 0 radical (unpaired) electrons. The summed E-state index contributed by atoms with van der Waals surface area (Å²) in [5.41, 5.74) is 1.61. The molecule has 0 aliphatic rings. The molecule has 2 aromatic carbocycles. The monoisotopic (exact) mass is 475 g/mol. The van der Waals surface area contributed by atoms with Gasteiger partial charge in [-0.05, 0) is 32.0 Å². The van der Waals surface area contributed by atoms with Crippen molar-refractivity contribution in [2.75, 3.05) is 26.1 Å². The molecule has 3 N–H and O–H groups in total. The summed E-state index contributed by atoms with van der Waals surface area (Å²) >= 11 is 5.90. The van der Waals surface area contributed by atoms with Crippen LogP contribution in [0, 0.1) is 5.82 Å². The van der Waals surface area contributed by atoms with Crippen LogP contribution in [0.4, 0.5) is 15.9 Å². The molecule has 0 aliphatic heterocycles. The van der Waals surface area contributed by atoms with Gasteiger partial charge >= 0.3 is 0 Å². The number of amides is 1. The summed E-state index contributed by atoms with van der Waals surface area (Å²) in [4.78, 5) is 21.0. The van der Waals surface area contributed by atoms with Crippen molar-refractivity contribution in [1.29, 1.82) is 0 Å². The van der Waals surface area contributed by atoms with E-state index in [4.69, 9.17) is 21.1 Å². The summed E-state index contributed by atoms with van der Waals surface area (Å²) < 4.78 is 25.0. The van der Waals surface area contributed by atoms with Crippen molar-refractivity contribution in [3.63, 3.8) is 0 Å².